The van der Waals surface area contributed by atoms with Gasteiger partial charge >= 0.3 is 12.1 Å². The number of thioether (sulfide) groups is 1. The van der Waals surface area contributed by atoms with Crippen LogP contribution in [0, 0.1) is 5.41 Å². The summed E-state index contributed by atoms with van der Waals surface area (Å²) >= 11 is 3.50. The lowest BCUT2D eigenvalue weighted by Crippen LogP contribution is -3.00. The van der Waals surface area contributed by atoms with Crippen LogP contribution in [0.1, 0.15) is 135 Å². The summed E-state index contributed by atoms with van der Waals surface area (Å²) in [5.41, 5.74) is 1.88. The fourth-order valence-corrected chi connectivity index (χ4v) is 6.91. The van der Waals surface area contributed by atoms with Crippen LogP contribution in [0.3, 0.4) is 0 Å². The number of aryl methyl sites for hydroxylation is 1. The lowest BCUT2D eigenvalue weighted by molar-refractivity contribution is -0.692. The molecule has 0 spiro atoms. The molecule has 1 aliphatic rings. The van der Waals surface area contributed by atoms with Crippen molar-refractivity contribution in [1.82, 2.24) is 5.32 Å². The van der Waals surface area contributed by atoms with Gasteiger partial charge in [0.05, 0.1) is 10.8 Å². The van der Waals surface area contributed by atoms with Crippen molar-refractivity contribution in [2.75, 3.05) is 31.3 Å². The van der Waals surface area contributed by atoms with E-state index in [0.29, 0.717) is 26.2 Å². The van der Waals surface area contributed by atoms with Gasteiger partial charge in [0.25, 0.3) is 0 Å². The van der Waals surface area contributed by atoms with Crippen LogP contribution >= 0.6 is 23.1 Å². The molecule has 0 bridgehead atoms. The van der Waals surface area contributed by atoms with Gasteiger partial charge in [0, 0.05) is 30.9 Å². The lowest BCUT2D eigenvalue weighted by atomic mass is 9.94. The summed E-state index contributed by atoms with van der Waals surface area (Å²) in [6.07, 6.45) is 26.6. The van der Waals surface area contributed by atoms with Crippen LogP contribution < -0.4 is 26.9 Å². The number of nitrogens with zero attached hydrogens (tertiary/aromatic N) is 1. The highest BCUT2D eigenvalue weighted by molar-refractivity contribution is 8.00. The highest BCUT2D eigenvalue weighted by Crippen LogP contribution is 2.38. The predicted molar refractivity (Wildman–Crippen MR) is 173 cm³/mol. The molecule has 1 aliphatic heterocycles. The van der Waals surface area contributed by atoms with E-state index in [0.717, 1.165) is 50.2 Å². The highest BCUT2D eigenvalue weighted by atomic mass is 79.9. The van der Waals surface area contributed by atoms with Crippen LogP contribution in [-0.2, 0) is 20.8 Å². The van der Waals surface area contributed by atoms with E-state index in [1.165, 1.54) is 89.9 Å². The third-order valence-electron chi connectivity index (χ3n) is 7.99. The zero-order valence-corrected chi connectivity index (χ0v) is 29.6. The number of alkyl carbamates (subject to hydrolysis) is 1. The molecule has 42 heavy (non-hydrogen) atoms. The van der Waals surface area contributed by atoms with Crippen LogP contribution in [0.15, 0.2) is 17.1 Å². The van der Waals surface area contributed by atoms with Gasteiger partial charge in [-0.3, -0.25) is 4.79 Å². The second-order valence-electron chi connectivity index (χ2n) is 12.0. The van der Waals surface area contributed by atoms with Crippen molar-refractivity contribution in [1.29, 1.82) is 0 Å². The summed E-state index contributed by atoms with van der Waals surface area (Å²) in [5, 5.41) is 4.96. The zero-order valence-electron chi connectivity index (χ0n) is 26.4. The van der Waals surface area contributed by atoms with Crippen LogP contribution in [0.5, 0.6) is 0 Å². The molecule has 1 fully saturated rings. The average molecular weight is 692 g/mol. The Morgan fingerprint density at radius 1 is 0.762 bits per heavy atom. The third-order valence-corrected chi connectivity index (χ3v) is 10.3. The van der Waals surface area contributed by atoms with Crippen molar-refractivity contribution < 1.29 is 40.6 Å². The van der Waals surface area contributed by atoms with Crippen molar-refractivity contribution >= 4 is 35.2 Å². The van der Waals surface area contributed by atoms with E-state index in [9.17, 15) is 9.59 Å². The maximum Gasteiger partial charge on any atom is 0.407 e. The van der Waals surface area contributed by atoms with Gasteiger partial charge in [-0.05, 0) is 19.3 Å². The van der Waals surface area contributed by atoms with Gasteiger partial charge < -0.3 is 31.8 Å². The summed E-state index contributed by atoms with van der Waals surface area (Å²) < 4.78 is 13.2. The van der Waals surface area contributed by atoms with E-state index in [1.54, 1.807) is 23.1 Å². The smallest absolute Gasteiger partial charge is 0.407 e. The number of unbranched alkanes of at least 4 members (excludes halogenated alkanes) is 17. The van der Waals surface area contributed by atoms with Crippen molar-refractivity contribution in [3.63, 3.8) is 0 Å². The summed E-state index contributed by atoms with van der Waals surface area (Å²) in [6.45, 7) is 4.60. The van der Waals surface area contributed by atoms with Gasteiger partial charge in [-0.2, -0.15) is 16.3 Å². The fourth-order valence-electron chi connectivity index (χ4n) is 5.17. The lowest BCUT2D eigenvalue weighted by Gasteiger charge is -2.39. The summed E-state index contributed by atoms with van der Waals surface area (Å²) in [6, 6.07) is 0. The van der Waals surface area contributed by atoms with E-state index in [2.05, 4.69) is 33.9 Å². The van der Waals surface area contributed by atoms with Crippen LogP contribution in [0.4, 0.5) is 4.79 Å². The molecule has 9 heteroatoms. The number of amides is 1. The number of ether oxygens (including phenoxy) is 2. The molecular formula is C33H59BrN2O4S2. The third kappa shape index (κ3) is 20.2. The SMILES string of the molecule is CCCCCCCCCCCCCCCCCCNC(=O)OCC1(COC(=O)CCCCC[n+]2ccsc2)CSC1.[Br-]. The Balaban J connectivity index is 0.00000882. The number of carbonyl (C=O) groups is 2. The Bertz CT molecular complexity index is 778. The van der Waals surface area contributed by atoms with Gasteiger partial charge in [0.15, 0.2) is 6.20 Å². The van der Waals surface area contributed by atoms with Crippen molar-refractivity contribution in [3.8, 4) is 0 Å². The number of hydrogen-bond acceptors (Lipinski definition) is 6. The number of carbonyl (C=O) groups excluding carboxylic acids is 2. The van der Waals surface area contributed by atoms with Crippen molar-refractivity contribution in [2.24, 2.45) is 5.41 Å². The zero-order chi connectivity index (χ0) is 29.3. The molecule has 0 saturated carbocycles. The Labute approximate surface area is 275 Å². The van der Waals surface area contributed by atoms with Gasteiger partial charge in [0.2, 0.25) is 5.51 Å². The van der Waals surface area contributed by atoms with E-state index < -0.39 is 0 Å². The number of esters is 1. The topological polar surface area (TPSA) is 68.5 Å². The molecule has 1 aromatic rings. The maximum absolute atomic E-state index is 12.2. The summed E-state index contributed by atoms with van der Waals surface area (Å²) in [4.78, 5) is 24.4. The second kappa shape index (κ2) is 26.6. The minimum Gasteiger partial charge on any atom is -1.00 e. The van der Waals surface area contributed by atoms with E-state index in [4.69, 9.17) is 9.47 Å². The molecular weight excluding hydrogens is 632 g/mol. The van der Waals surface area contributed by atoms with Crippen LogP contribution in [0.2, 0.25) is 0 Å². The molecule has 0 aromatic carbocycles. The van der Waals surface area contributed by atoms with Crippen molar-refractivity contribution in [2.45, 2.75) is 142 Å². The highest BCUT2D eigenvalue weighted by Gasteiger charge is 2.40. The molecule has 0 radical (unpaired) electrons. The average Bonchev–Trinajstić information content (AvgIpc) is 3.47. The fraction of sp³-hybridized carbons (Fsp3) is 0.848. The van der Waals surface area contributed by atoms with Gasteiger partial charge in [0.1, 0.15) is 19.8 Å². The number of halogens is 1. The molecule has 0 atom stereocenters. The number of rotatable bonds is 27. The maximum atomic E-state index is 12.2. The first kappa shape index (κ1) is 39.2. The minimum absolute atomic E-state index is 0. The first-order valence-electron chi connectivity index (χ1n) is 16.7. The minimum atomic E-state index is -0.350. The number of nitrogens with one attached hydrogen (secondary N) is 1. The largest absolute Gasteiger partial charge is 1.00 e. The molecule has 6 nitrogen and oxygen atoms in total. The standard InChI is InChI=1S/C33H58N2O4S2.BrH/c1-2-3-4-5-6-7-8-9-10-11-12-13-14-15-16-19-22-34-32(37)39-27-33(28-41-29-33)26-38-31(36)21-18-17-20-23-35-24-25-40-30-35;/h24-25,30H,2-23,26-29H2,1H3;1H. The van der Waals surface area contributed by atoms with Crippen LogP contribution in [0.25, 0.3) is 0 Å². The monoisotopic (exact) mass is 690 g/mol. The molecule has 0 unspecified atom stereocenters. The first-order valence-corrected chi connectivity index (χ1v) is 18.8. The molecule has 2 heterocycles. The molecule has 244 valence electrons. The van der Waals surface area contributed by atoms with Crippen molar-refractivity contribution in [3.05, 3.63) is 17.1 Å². The Morgan fingerprint density at radius 2 is 1.31 bits per heavy atom. The Kier molecular flexibility index (Phi) is 24.8. The number of aromatic nitrogens is 1. The van der Waals surface area contributed by atoms with E-state index >= 15 is 0 Å². The molecule has 2 rings (SSSR count). The molecule has 0 aliphatic carbocycles. The number of thiazole rings is 1. The molecule has 1 N–H and O–H groups in total. The first-order chi connectivity index (χ1) is 20.1. The van der Waals surface area contributed by atoms with Gasteiger partial charge in [-0.25, -0.2) is 4.79 Å². The number of hydrogen-bond donors (Lipinski definition) is 1. The predicted octanol–water partition coefficient (Wildman–Crippen LogP) is 5.86. The normalized spacial score (nSPS) is 13.6. The van der Waals surface area contributed by atoms with E-state index in [-0.39, 0.29) is 34.5 Å². The Hall–Kier alpha value is -0.800. The van der Waals surface area contributed by atoms with E-state index in [1.807, 2.05) is 0 Å². The summed E-state index contributed by atoms with van der Waals surface area (Å²) in [7, 11) is 0. The second-order valence-corrected chi connectivity index (χ2v) is 13.8. The van der Waals surface area contributed by atoms with Gasteiger partial charge in [-0.1, -0.05) is 115 Å². The molecule has 1 aromatic heterocycles. The molecule has 1 amide bonds. The summed E-state index contributed by atoms with van der Waals surface area (Å²) in [5.74, 6) is 1.59. The quantitative estimate of drug-likeness (QED) is 0.0712. The van der Waals surface area contributed by atoms with Crippen LogP contribution in [-0.4, -0.2) is 43.3 Å². The van der Waals surface area contributed by atoms with Gasteiger partial charge in [-0.15, -0.1) is 0 Å². The Morgan fingerprint density at radius 3 is 1.83 bits per heavy atom. The molecule has 1 saturated heterocycles.